The van der Waals surface area contributed by atoms with E-state index in [0.717, 1.165) is 27.6 Å². The number of aryl methyl sites for hydroxylation is 1. The monoisotopic (exact) mass is 442 g/mol. The summed E-state index contributed by atoms with van der Waals surface area (Å²) in [6, 6.07) is 12.0. The largest absolute Gasteiger partial charge is 0.460 e. The first-order valence-corrected chi connectivity index (χ1v) is 10.4. The zero-order valence-corrected chi connectivity index (χ0v) is 18.8. The number of carbonyl (C=O) groups excluding carboxylic acids is 2. The zero-order valence-electron chi connectivity index (χ0n) is 18.1. The van der Waals surface area contributed by atoms with Crippen LogP contribution in [0.2, 0.25) is 5.02 Å². The van der Waals surface area contributed by atoms with Crippen molar-refractivity contribution in [1.29, 1.82) is 0 Å². The normalized spacial score (nSPS) is 12.6. The van der Waals surface area contributed by atoms with Crippen LogP contribution in [0.4, 0.5) is 0 Å². The quantitative estimate of drug-likeness (QED) is 0.491. The second-order valence-corrected chi connectivity index (χ2v) is 9.01. The summed E-state index contributed by atoms with van der Waals surface area (Å²) in [5, 5.41) is 14.0. The maximum atomic E-state index is 12.7. The van der Waals surface area contributed by atoms with Crippen molar-refractivity contribution in [3.8, 4) is 0 Å². The number of H-pyrrole nitrogens is 1. The molecular weight excluding hydrogens is 416 g/mol. The predicted molar refractivity (Wildman–Crippen MR) is 121 cm³/mol. The van der Waals surface area contributed by atoms with Crippen LogP contribution in [-0.2, 0) is 16.0 Å². The van der Waals surface area contributed by atoms with Gasteiger partial charge in [-0.2, -0.15) is 0 Å². The number of fused-ring (bicyclic) bond motifs is 1. The third-order valence-corrected chi connectivity index (χ3v) is 5.03. The summed E-state index contributed by atoms with van der Waals surface area (Å²) in [5.74, 6) is -0.651. The van der Waals surface area contributed by atoms with E-state index in [0.29, 0.717) is 10.7 Å². The fraction of sp³-hybridized carbons (Fsp3) is 0.333. The van der Waals surface area contributed by atoms with Gasteiger partial charge in [0.05, 0.1) is 24.1 Å². The van der Waals surface area contributed by atoms with Crippen molar-refractivity contribution in [2.75, 3.05) is 6.61 Å². The Balaban J connectivity index is 1.70. The van der Waals surface area contributed by atoms with Gasteiger partial charge in [0, 0.05) is 10.9 Å². The number of aromatic nitrogens is 1. The van der Waals surface area contributed by atoms with E-state index in [1.165, 1.54) is 0 Å². The highest BCUT2D eigenvalue weighted by Gasteiger charge is 2.19. The van der Waals surface area contributed by atoms with Crippen molar-refractivity contribution in [2.45, 2.75) is 45.8 Å². The molecule has 1 heterocycles. The third-order valence-electron chi connectivity index (χ3n) is 4.71. The molecule has 0 spiro atoms. The van der Waals surface area contributed by atoms with Gasteiger partial charge in [0.15, 0.2) is 0 Å². The number of carbonyl (C=O) groups is 2. The molecule has 0 bridgehead atoms. The molecule has 3 rings (SSSR count). The van der Waals surface area contributed by atoms with Crippen LogP contribution < -0.4 is 5.32 Å². The van der Waals surface area contributed by atoms with Crippen molar-refractivity contribution in [2.24, 2.45) is 0 Å². The minimum atomic E-state index is -0.591. The van der Waals surface area contributed by atoms with Gasteiger partial charge >= 0.3 is 5.97 Å². The van der Waals surface area contributed by atoms with Crippen LogP contribution >= 0.6 is 11.6 Å². The van der Waals surface area contributed by atoms with E-state index in [1.807, 2.05) is 39.8 Å². The molecule has 6 nitrogen and oxygen atoms in total. The van der Waals surface area contributed by atoms with Crippen molar-refractivity contribution in [3.05, 3.63) is 69.9 Å². The summed E-state index contributed by atoms with van der Waals surface area (Å²) in [6.07, 6.45) is 0.156. The number of aliphatic hydroxyl groups excluding tert-OH is 1. The third kappa shape index (κ3) is 5.87. The molecule has 1 aromatic heterocycles. The first-order chi connectivity index (χ1) is 14.6. The number of hydrogen-bond donors (Lipinski definition) is 3. The maximum Gasteiger partial charge on any atom is 0.310 e. The standard InChI is InChI=1S/C24H27ClN2O4/c1-14-9-18(25)17-12-20(26-19(17)10-14)23(30)27-21(13-28)16-7-5-15(6-8-16)11-22(29)31-24(2,3)4/h5-10,12,21,26,28H,11,13H2,1-4H3,(H,27,30)/t21-/m1/s1. The van der Waals surface area contributed by atoms with Gasteiger partial charge in [0.1, 0.15) is 11.3 Å². The molecule has 0 unspecified atom stereocenters. The highest BCUT2D eigenvalue weighted by molar-refractivity contribution is 6.35. The lowest BCUT2D eigenvalue weighted by Crippen LogP contribution is -2.31. The molecule has 0 saturated heterocycles. The topological polar surface area (TPSA) is 91.4 Å². The molecule has 164 valence electrons. The van der Waals surface area contributed by atoms with Crippen LogP contribution in [0.15, 0.2) is 42.5 Å². The van der Waals surface area contributed by atoms with Crippen molar-refractivity contribution in [1.82, 2.24) is 10.3 Å². The second kappa shape index (κ2) is 9.12. The molecule has 1 atom stereocenters. The van der Waals surface area contributed by atoms with E-state index in [-0.39, 0.29) is 24.9 Å². The second-order valence-electron chi connectivity index (χ2n) is 8.60. The lowest BCUT2D eigenvalue weighted by molar-refractivity contribution is -0.153. The Labute approximate surface area is 186 Å². The Hall–Kier alpha value is -2.83. The van der Waals surface area contributed by atoms with Crippen LogP contribution in [0.25, 0.3) is 10.9 Å². The number of halogens is 1. The number of aromatic amines is 1. The highest BCUT2D eigenvalue weighted by Crippen LogP contribution is 2.26. The van der Waals surface area contributed by atoms with Crippen molar-refractivity contribution >= 4 is 34.4 Å². The number of benzene rings is 2. The van der Waals surface area contributed by atoms with Crippen molar-refractivity contribution in [3.63, 3.8) is 0 Å². The average Bonchev–Trinajstić information content (AvgIpc) is 3.09. The molecule has 3 N–H and O–H groups in total. The molecule has 7 heteroatoms. The number of ether oxygens (including phenoxy) is 1. The molecule has 31 heavy (non-hydrogen) atoms. The minimum Gasteiger partial charge on any atom is -0.460 e. The van der Waals surface area contributed by atoms with E-state index in [9.17, 15) is 14.7 Å². The van der Waals surface area contributed by atoms with Gasteiger partial charge in [-0.05, 0) is 62.6 Å². The summed E-state index contributed by atoms with van der Waals surface area (Å²) in [4.78, 5) is 27.8. The summed E-state index contributed by atoms with van der Waals surface area (Å²) >= 11 is 6.27. The molecular formula is C24H27ClN2O4. The fourth-order valence-corrected chi connectivity index (χ4v) is 3.66. The number of esters is 1. The number of rotatable bonds is 6. The van der Waals surface area contributed by atoms with Crippen LogP contribution in [0, 0.1) is 6.92 Å². The first kappa shape index (κ1) is 22.8. The summed E-state index contributed by atoms with van der Waals surface area (Å²) in [5.41, 5.74) is 3.13. The molecule has 2 aromatic carbocycles. The van der Waals surface area contributed by atoms with E-state index >= 15 is 0 Å². The Kier molecular flexibility index (Phi) is 6.72. The maximum absolute atomic E-state index is 12.7. The summed E-state index contributed by atoms with van der Waals surface area (Å²) in [6.45, 7) is 7.14. The van der Waals surface area contributed by atoms with Crippen LogP contribution in [0.1, 0.15) is 54.0 Å². The number of aliphatic hydroxyl groups is 1. The SMILES string of the molecule is Cc1cc(Cl)c2cc(C(=O)N[C@H](CO)c3ccc(CC(=O)OC(C)(C)C)cc3)[nH]c2c1. The van der Waals surface area contributed by atoms with Gasteiger partial charge in [-0.1, -0.05) is 35.9 Å². The van der Waals surface area contributed by atoms with Crippen LogP contribution in [0.5, 0.6) is 0 Å². The number of amides is 1. The summed E-state index contributed by atoms with van der Waals surface area (Å²) < 4.78 is 5.33. The van der Waals surface area contributed by atoms with Gasteiger partial charge in [0.2, 0.25) is 0 Å². The smallest absolute Gasteiger partial charge is 0.310 e. The first-order valence-electron chi connectivity index (χ1n) is 10.1. The Morgan fingerprint density at radius 1 is 1.16 bits per heavy atom. The predicted octanol–water partition coefficient (Wildman–Crippen LogP) is 4.48. The van der Waals surface area contributed by atoms with E-state index in [4.69, 9.17) is 16.3 Å². The molecule has 0 aliphatic rings. The highest BCUT2D eigenvalue weighted by atomic mass is 35.5. The van der Waals surface area contributed by atoms with Crippen molar-refractivity contribution < 1.29 is 19.4 Å². The van der Waals surface area contributed by atoms with Crippen LogP contribution in [0.3, 0.4) is 0 Å². The number of hydrogen-bond acceptors (Lipinski definition) is 4. The molecule has 0 aliphatic carbocycles. The minimum absolute atomic E-state index is 0.156. The van der Waals surface area contributed by atoms with Gasteiger partial charge in [0.25, 0.3) is 5.91 Å². The lowest BCUT2D eigenvalue weighted by atomic mass is 10.0. The van der Waals surface area contributed by atoms with E-state index < -0.39 is 11.6 Å². The molecule has 0 radical (unpaired) electrons. The molecule has 0 saturated carbocycles. The average molecular weight is 443 g/mol. The fourth-order valence-electron chi connectivity index (χ4n) is 3.33. The molecule has 0 aliphatic heterocycles. The van der Waals surface area contributed by atoms with E-state index in [1.54, 1.807) is 30.3 Å². The molecule has 1 amide bonds. The number of nitrogens with one attached hydrogen (secondary N) is 2. The van der Waals surface area contributed by atoms with Gasteiger partial charge < -0.3 is 20.1 Å². The lowest BCUT2D eigenvalue weighted by Gasteiger charge is -2.20. The van der Waals surface area contributed by atoms with Gasteiger partial charge in [-0.15, -0.1) is 0 Å². The molecule has 0 fully saturated rings. The van der Waals surface area contributed by atoms with Crippen LogP contribution in [-0.4, -0.2) is 34.2 Å². The van der Waals surface area contributed by atoms with Gasteiger partial charge in [-0.3, -0.25) is 9.59 Å². The summed E-state index contributed by atoms with van der Waals surface area (Å²) in [7, 11) is 0. The zero-order chi connectivity index (χ0) is 22.8. The Morgan fingerprint density at radius 3 is 2.45 bits per heavy atom. The van der Waals surface area contributed by atoms with E-state index in [2.05, 4.69) is 10.3 Å². The molecule has 3 aromatic rings. The Bertz CT molecular complexity index is 1100. The van der Waals surface area contributed by atoms with Gasteiger partial charge in [-0.25, -0.2) is 0 Å². The Morgan fingerprint density at radius 2 is 1.84 bits per heavy atom.